The van der Waals surface area contributed by atoms with E-state index in [-0.39, 0.29) is 23.1 Å². The Bertz CT molecular complexity index is 783. The zero-order valence-electron chi connectivity index (χ0n) is 13.1. The van der Waals surface area contributed by atoms with Crippen molar-refractivity contribution in [2.75, 3.05) is 0 Å². The zero-order valence-corrected chi connectivity index (χ0v) is 14.0. The molecule has 2 aromatic carbocycles. The van der Waals surface area contributed by atoms with Gasteiger partial charge in [0.2, 0.25) is 0 Å². The van der Waals surface area contributed by atoms with Crippen molar-refractivity contribution in [1.29, 1.82) is 0 Å². The van der Waals surface area contributed by atoms with E-state index in [0.717, 1.165) is 12.2 Å². The first-order valence-electron chi connectivity index (χ1n) is 7.10. The smallest absolute Gasteiger partial charge is 0.395 e. The molecule has 7 heteroatoms. The zero-order chi connectivity index (χ0) is 18.4. The Morgan fingerprint density at radius 3 is 1.40 bits per heavy atom. The Labute approximate surface area is 144 Å². The number of phosphoric acid groups is 1. The number of phosphoric ester groups is 1. The van der Waals surface area contributed by atoms with Gasteiger partial charge < -0.3 is 9.05 Å². The molecule has 0 saturated carbocycles. The van der Waals surface area contributed by atoms with Crippen LogP contribution in [0.4, 0.5) is 0 Å². The van der Waals surface area contributed by atoms with Gasteiger partial charge in [0.25, 0.3) is 0 Å². The van der Waals surface area contributed by atoms with E-state index >= 15 is 0 Å². The molecule has 0 aliphatic heterocycles. The van der Waals surface area contributed by atoms with E-state index in [1.54, 1.807) is 0 Å². The van der Waals surface area contributed by atoms with Crippen molar-refractivity contribution in [1.82, 2.24) is 0 Å². The minimum Gasteiger partial charge on any atom is -0.395 e. The predicted octanol–water partition coefficient (Wildman–Crippen LogP) is 3.98. The summed E-state index contributed by atoms with van der Waals surface area (Å²) in [5, 5.41) is 0. The molecule has 0 unspecified atom stereocenters. The summed E-state index contributed by atoms with van der Waals surface area (Å²) in [5.41, 5.74) is 0.747. The summed E-state index contributed by atoms with van der Waals surface area (Å²) in [6.07, 6.45) is 2.33. The van der Waals surface area contributed by atoms with Gasteiger partial charge in [-0.3, -0.25) is 14.5 Å². The van der Waals surface area contributed by atoms with E-state index in [4.69, 9.17) is 9.05 Å². The molecule has 0 spiro atoms. The van der Waals surface area contributed by atoms with Gasteiger partial charge in [-0.05, 0) is 60.7 Å². The van der Waals surface area contributed by atoms with E-state index < -0.39 is 7.82 Å². The molecule has 2 aromatic rings. The number of allylic oxidation sites excluding steroid dienone is 2. The van der Waals surface area contributed by atoms with Crippen molar-refractivity contribution in [3.8, 4) is 11.5 Å². The van der Waals surface area contributed by atoms with Crippen molar-refractivity contribution in [3.63, 3.8) is 0 Å². The molecule has 2 rings (SSSR count). The van der Waals surface area contributed by atoms with Crippen LogP contribution in [0.2, 0.25) is 0 Å². The number of benzene rings is 2. The average Bonchev–Trinajstić information content (AvgIpc) is 2.61. The van der Waals surface area contributed by atoms with Gasteiger partial charge in [-0.25, -0.2) is 4.57 Å². The first kappa shape index (κ1) is 18.4. The molecule has 25 heavy (non-hydrogen) atoms. The molecule has 0 heterocycles. The fraction of sp³-hybridized carbons (Fsp3) is 0. The monoisotopic (exact) mass is 358 g/mol. The maximum absolute atomic E-state index is 12.0. The molecule has 0 bridgehead atoms. The lowest BCUT2D eigenvalue weighted by Gasteiger charge is -2.14. The summed E-state index contributed by atoms with van der Waals surface area (Å²) < 4.78 is 21.9. The Morgan fingerprint density at radius 2 is 1.12 bits per heavy atom. The van der Waals surface area contributed by atoms with Gasteiger partial charge in [0.1, 0.15) is 11.5 Å². The van der Waals surface area contributed by atoms with Crippen LogP contribution < -0.4 is 9.05 Å². The topological polar surface area (TPSA) is 89.9 Å². The van der Waals surface area contributed by atoms with Gasteiger partial charge in [-0.2, -0.15) is 0 Å². The van der Waals surface area contributed by atoms with Crippen molar-refractivity contribution in [3.05, 3.63) is 85.0 Å². The molecule has 0 fully saturated rings. The first-order chi connectivity index (χ1) is 11.8. The number of hydrogen-bond donors (Lipinski definition) is 1. The second-order valence-electron chi connectivity index (χ2n) is 4.84. The average molecular weight is 358 g/mol. The van der Waals surface area contributed by atoms with E-state index in [9.17, 15) is 19.0 Å². The van der Waals surface area contributed by atoms with Crippen LogP contribution >= 0.6 is 7.82 Å². The lowest BCUT2D eigenvalue weighted by Crippen LogP contribution is -2.01. The van der Waals surface area contributed by atoms with Gasteiger partial charge in [0.05, 0.1) is 0 Å². The van der Waals surface area contributed by atoms with Gasteiger partial charge in [0, 0.05) is 11.1 Å². The molecule has 1 N–H and O–H groups in total. The summed E-state index contributed by atoms with van der Waals surface area (Å²) in [5.74, 6) is -0.428. The number of rotatable bonds is 8. The lowest BCUT2D eigenvalue weighted by atomic mass is 10.1. The van der Waals surface area contributed by atoms with Gasteiger partial charge >= 0.3 is 7.82 Å². The van der Waals surface area contributed by atoms with Crippen LogP contribution in [0.5, 0.6) is 11.5 Å². The van der Waals surface area contributed by atoms with Crippen LogP contribution in [-0.2, 0) is 4.57 Å². The number of ketones is 2. The third-order valence-corrected chi connectivity index (χ3v) is 3.97. The number of carbonyl (C=O) groups excluding carboxylic acids is 2. The Hall–Kier alpha value is -2.95. The highest BCUT2D eigenvalue weighted by atomic mass is 31.2. The van der Waals surface area contributed by atoms with Crippen LogP contribution in [0.1, 0.15) is 20.7 Å². The fourth-order valence-electron chi connectivity index (χ4n) is 1.88. The van der Waals surface area contributed by atoms with Crippen molar-refractivity contribution in [2.45, 2.75) is 0 Å². The maximum Gasteiger partial charge on any atom is 0.584 e. The van der Waals surface area contributed by atoms with E-state index in [1.165, 1.54) is 48.5 Å². The maximum atomic E-state index is 12.0. The van der Waals surface area contributed by atoms with E-state index in [1.807, 2.05) is 0 Å². The molecule has 0 aliphatic rings. The summed E-state index contributed by atoms with van der Waals surface area (Å²) in [4.78, 5) is 32.7. The number of hydrogen-bond acceptors (Lipinski definition) is 5. The quantitative estimate of drug-likeness (QED) is 0.436. The van der Waals surface area contributed by atoms with Crippen LogP contribution in [-0.4, -0.2) is 16.5 Å². The fourth-order valence-corrected chi connectivity index (χ4v) is 2.69. The Balaban J connectivity index is 2.07. The highest BCUT2D eigenvalue weighted by molar-refractivity contribution is 7.48. The molecule has 0 aliphatic carbocycles. The van der Waals surface area contributed by atoms with Crippen LogP contribution in [0.15, 0.2) is 73.8 Å². The normalized spacial score (nSPS) is 10.6. The van der Waals surface area contributed by atoms with E-state index in [0.29, 0.717) is 11.1 Å². The standard InChI is InChI=1S/C18H15O6P/c1-3-17(19)13-5-9-15(10-6-13)23-25(21,22)24-16-11-7-14(8-12-16)18(20)4-2/h3-12H,1-2H2,(H,21,22). The Kier molecular flexibility index (Phi) is 5.70. The minimum atomic E-state index is -4.44. The molecular formula is C18H15O6P. The minimum absolute atomic E-state index is 0.0601. The van der Waals surface area contributed by atoms with Gasteiger partial charge in [0.15, 0.2) is 11.6 Å². The second kappa shape index (κ2) is 7.75. The van der Waals surface area contributed by atoms with Crippen molar-refractivity contribution < 1.29 is 28.1 Å². The lowest BCUT2D eigenvalue weighted by molar-refractivity contribution is 0.103. The van der Waals surface area contributed by atoms with E-state index in [2.05, 4.69) is 13.2 Å². The highest BCUT2D eigenvalue weighted by Gasteiger charge is 2.25. The van der Waals surface area contributed by atoms with Crippen LogP contribution in [0, 0.1) is 0 Å². The summed E-state index contributed by atoms with van der Waals surface area (Å²) in [7, 11) is -4.44. The first-order valence-corrected chi connectivity index (χ1v) is 8.60. The third-order valence-electron chi connectivity index (χ3n) is 3.09. The van der Waals surface area contributed by atoms with Crippen molar-refractivity contribution in [2.24, 2.45) is 0 Å². The summed E-state index contributed by atoms with van der Waals surface area (Å²) >= 11 is 0. The molecule has 6 nitrogen and oxygen atoms in total. The summed E-state index contributed by atoms with van der Waals surface area (Å²) in [6, 6.07) is 11.2. The largest absolute Gasteiger partial charge is 0.584 e. The van der Waals surface area contributed by atoms with Gasteiger partial charge in [-0.15, -0.1) is 0 Å². The molecule has 0 aromatic heterocycles. The second-order valence-corrected chi connectivity index (χ2v) is 6.14. The molecule has 0 radical (unpaired) electrons. The molecular weight excluding hydrogens is 343 g/mol. The van der Waals surface area contributed by atoms with Crippen molar-refractivity contribution >= 4 is 19.4 Å². The predicted molar refractivity (Wildman–Crippen MR) is 93.0 cm³/mol. The summed E-state index contributed by atoms with van der Waals surface area (Å²) in [6.45, 7) is 6.75. The van der Waals surface area contributed by atoms with Gasteiger partial charge in [-0.1, -0.05) is 13.2 Å². The number of carbonyl (C=O) groups is 2. The van der Waals surface area contributed by atoms with Crippen LogP contribution in [0.25, 0.3) is 0 Å². The molecule has 0 atom stereocenters. The molecule has 0 amide bonds. The van der Waals surface area contributed by atoms with Crippen LogP contribution in [0.3, 0.4) is 0 Å². The SMILES string of the molecule is C=CC(=O)c1ccc(OP(=O)(O)Oc2ccc(C(=O)C=C)cc2)cc1. The third kappa shape index (κ3) is 5.01. The Morgan fingerprint density at radius 1 is 0.800 bits per heavy atom. The highest BCUT2D eigenvalue weighted by Crippen LogP contribution is 2.44. The molecule has 128 valence electrons. The molecule has 0 saturated heterocycles.